The molecule has 0 aromatic heterocycles. The molecule has 9 heteroatoms. The normalized spacial score (nSPS) is 11.8. The molecule has 0 saturated carbocycles. The number of para-hydroxylation sites is 1. The van der Waals surface area contributed by atoms with Crippen LogP contribution in [0.15, 0.2) is 48.5 Å². The summed E-state index contributed by atoms with van der Waals surface area (Å²) in [7, 11) is 0. The number of ether oxygens (including phenoxy) is 2. The highest BCUT2D eigenvalue weighted by molar-refractivity contribution is 5.94. The van der Waals surface area contributed by atoms with Gasteiger partial charge in [-0.15, -0.1) is 0 Å². The van der Waals surface area contributed by atoms with Crippen molar-refractivity contribution in [2.45, 2.75) is 52.4 Å². The molecule has 3 amide bonds. The lowest BCUT2D eigenvalue weighted by molar-refractivity contribution is -0.122. The zero-order valence-corrected chi connectivity index (χ0v) is 19.3. The van der Waals surface area contributed by atoms with Gasteiger partial charge in [-0.25, -0.2) is 4.79 Å². The van der Waals surface area contributed by atoms with Gasteiger partial charge in [0.05, 0.1) is 0 Å². The van der Waals surface area contributed by atoms with Crippen LogP contribution in [0.2, 0.25) is 0 Å². The van der Waals surface area contributed by atoms with Crippen molar-refractivity contribution in [1.29, 1.82) is 0 Å². The van der Waals surface area contributed by atoms with Crippen LogP contribution in [0.25, 0.3) is 0 Å². The standard InChI is InChI=1S/C24H31N3O6/c1-16(32-19-11-9-18(28)10-12-19)22(30)27-20-8-6-5-7-17(20)15-26-21(29)13-14-25-23(31)33-24(2,3)4/h5-12,16,28H,13-15H2,1-4H3,(H,25,31)(H,26,29)(H,27,30). The van der Waals surface area contributed by atoms with Gasteiger partial charge in [0.15, 0.2) is 6.10 Å². The first-order valence-corrected chi connectivity index (χ1v) is 10.6. The number of nitrogens with one attached hydrogen (secondary N) is 3. The van der Waals surface area contributed by atoms with E-state index in [2.05, 4.69) is 16.0 Å². The lowest BCUT2D eigenvalue weighted by atomic mass is 10.1. The first kappa shape index (κ1) is 25.5. The van der Waals surface area contributed by atoms with Crippen LogP contribution >= 0.6 is 0 Å². The predicted octanol–water partition coefficient (Wildman–Crippen LogP) is 3.33. The van der Waals surface area contributed by atoms with Crippen LogP contribution in [0.1, 0.15) is 39.7 Å². The van der Waals surface area contributed by atoms with E-state index in [0.29, 0.717) is 11.4 Å². The Kier molecular flexibility index (Phi) is 9.08. The molecule has 0 aliphatic carbocycles. The van der Waals surface area contributed by atoms with E-state index in [1.54, 1.807) is 64.1 Å². The van der Waals surface area contributed by atoms with E-state index in [-0.39, 0.29) is 37.1 Å². The fraction of sp³-hybridized carbons (Fsp3) is 0.375. The number of carbonyl (C=O) groups is 3. The van der Waals surface area contributed by atoms with Gasteiger partial charge in [0.25, 0.3) is 5.91 Å². The lowest BCUT2D eigenvalue weighted by Gasteiger charge is -2.19. The zero-order chi connectivity index (χ0) is 24.4. The minimum atomic E-state index is -0.781. The molecule has 2 rings (SSSR count). The number of phenolic OH excluding ortho intramolecular Hbond substituents is 1. The lowest BCUT2D eigenvalue weighted by Crippen LogP contribution is -2.35. The Morgan fingerprint density at radius 3 is 2.33 bits per heavy atom. The Morgan fingerprint density at radius 2 is 1.67 bits per heavy atom. The van der Waals surface area contributed by atoms with E-state index in [1.165, 1.54) is 12.1 Å². The van der Waals surface area contributed by atoms with Crippen molar-refractivity contribution in [3.63, 3.8) is 0 Å². The summed E-state index contributed by atoms with van der Waals surface area (Å²) in [5, 5.41) is 17.5. The van der Waals surface area contributed by atoms with Gasteiger partial charge in [-0.05, 0) is 63.6 Å². The maximum Gasteiger partial charge on any atom is 0.407 e. The third-order valence-electron chi connectivity index (χ3n) is 4.29. The number of carbonyl (C=O) groups excluding carboxylic acids is 3. The predicted molar refractivity (Wildman–Crippen MR) is 124 cm³/mol. The summed E-state index contributed by atoms with van der Waals surface area (Å²) in [6.45, 7) is 7.24. The molecule has 1 unspecified atom stereocenters. The highest BCUT2D eigenvalue weighted by atomic mass is 16.6. The van der Waals surface area contributed by atoms with Gasteiger partial charge in [-0.3, -0.25) is 9.59 Å². The molecule has 0 radical (unpaired) electrons. The summed E-state index contributed by atoms with van der Waals surface area (Å²) in [4.78, 5) is 36.3. The van der Waals surface area contributed by atoms with Crippen molar-refractivity contribution in [2.24, 2.45) is 0 Å². The summed E-state index contributed by atoms with van der Waals surface area (Å²) in [6, 6.07) is 13.2. The topological polar surface area (TPSA) is 126 Å². The van der Waals surface area contributed by atoms with Crippen LogP contribution < -0.4 is 20.7 Å². The van der Waals surface area contributed by atoms with Crippen LogP contribution in [-0.2, 0) is 20.9 Å². The van der Waals surface area contributed by atoms with E-state index in [4.69, 9.17) is 9.47 Å². The summed E-state index contributed by atoms with van der Waals surface area (Å²) in [5.74, 6) is -0.0494. The van der Waals surface area contributed by atoms with E-state index in [1.807, 2.05) is 0 Å². The van der Waals surface area contributed by atoms with Crippen molar-refractivity contribution in [2.75, 3.05) is 11.9 Å². The van der Waals surface area contributed by atoms with Gasteiger partial charge in [-0.2, -0.15) is 0 Å². The molecular formula is C24H31N3O6. The summed E-state index contributed by atoms with van der Waals surface area (Å²) >= 11 is 0. The Balaban J connectivity index is 1.83. The minimum absolute atomic E-state index is 0.0886. The maximum absolute atomic E-state index is 12.6. The smallest absolute Gasteiger partial charge is 0.407 e. The highest BCUT2D eigenvalue weighted by Gasteiger charge is 2.17. The molecule has 0 bridgehead atoms. The van der Waals surface area contributed by atoms with E-state index < -0.39 is 17.8 Å². The fourth-order valence-corrected chi connectivity index (χ4v) is 2.69. The Bertz CT molecular complexity index is 953. The largest absolute Gasteiger partial charge is 0.508 e. The van der Waals surface area contributed by atoms with Crippen molar-refractivity contribution in [3.8, 4) is 11.5 Å². The fourth-order valence-electron chi connectivity index (χ4n) is 2.69. The van der Waals surface area contributed by atoms with Gasteiger partial charge in [-0.1, -0.05) is 18.2 Å². The molecule has 0 saturated heterocycles. The molecule has 1 atom stereocenters. The molecule has 178 valence electrons. The number of aromatic hydroxyl groups is 1. The summed E-state index contributed by atoms with van der Waals surface area (Å²) in [5.41, 5.74) is 0.666. The average Bonchev–Trinajstić information content (AvgIpc) is 2.73. The molecule has 0 aliphatic rings. The zero-order valence-electron chi connectivity index (χ0n) is 19.3. The van der Waals surface area contributed by atoms with E-state index in [0.717, 1.165) is 5.56 Å². The number of alkyl carbamates (subject to hydrolysis) is 1. The molecule has 4 N–H and O–H groups in total. The Hall–Kier alpha value is -3.75. The third kappa shape index (κ3) is 9.51. The average molecular weight is 458 g/mol. The van der Waals surface area contributed by atoms with Gasteiger partial charge >= 0.3 is 6.09 Å². The number of benzene rings is 2. The van der Waals surface area contributed by atoms with Crippen LogP contribution in [0.5, 0.6) is 11.5 Å². The van der Waals surface area contributed by atoms with Crippen LogP contribution in [0, 0.1) is 0 Å². The monoisotopic (exact) mass is 457 g/mol. The molecule has 0 spiro atoms. The summed E-state index contributed by atoms with van der Waals surface area (Å²) in [6.07, 6.45) is -1.27. The SMILES string of the molecule is CC(Oc1ccc(O)cc1)C(=O)Nc1ccccc1CNC(=O)CCNC(=O)OC(C)(C)C. The number of rotatable bonds is 9. The molecule has 0 fully saturated rings. The van der Waals surface area contributed by atoms with Crippen molar-refractivity contribution in [1.82, 2.24) is 10.6 Å². The van der Waals surface area contributed by atoms with E-state index in [9.17, 15) is 19.5 Å². The number of hydrogen-bond acceptors (Lipinski definition) is 6. The number of phenols is 1. The first-order chi connectivity index (χ1) is 15.5. The molecular weight excluding hydrogens is 426 g/mol. The Labute approximate surface area is 193 Å². The Morgan fingerprint density at radius 1 is 1.00 bits per heavy atom. The van der Waals surface area contributed by atoms with Crippen LogP contribution in [0.4, 0.5) is 10.5 Å². The second kappa shape index (κ2) is 11.8. The highest BCUT2D eigenvalue weighted by Crippen LogP contribution is 2.19. The van der Waals surface area contributed by atoms with Gasteiger partial charge in [0.1, 0.15) is 17.1 Å². The van der Waals surface area contributed by atoms with Gasteiger partial charge in [0.2, 0.25) is 5.91 Å². The summed E-state index contributed by atoms with van der Waals surface area (Å²) < 4.78 is 10.7. The maximum atomic E-state index is 12.6. The number of hydrogen-bond donors (Lipinski definition) is 4. The van der Waals surface area contributed by atoms with Crippen molar-refractivity contribution >= 4 is 23.6 Å². The molecule has 2 aromatic carbocycles. The van der Waals surface area contributed by atoms with Gasteiger partial charge in [0, 0.05) is 25.2 Å². The molecule has 0 aliphatic heterocycles. The van der Waals surface area contributed by atoms with Crippen LogP contribution in [-0.4, -0.2) is 41.3 Å². The number of anilines is 1. The molecule has 33 heavy (non-hydrogen) atoms. The van der Waals surface area contributed by atoms with Crippen molar-refractivity contribution < 1.29 is 29.0 Å². The van der Waals surface area contributed by atoms with Crippen molar-refractivity contribution in [3.05, 3.63) is 54.1 Å². The van der Waals surface area contributed by atoms with Crippen LogP contribution in [0.3, 0.4) is 0 Å². The second-order valence-electron chi connectivity index (χ2n) is 8.36. The molecule has 2 aromatic rings. The second-order valence-corrected chi connectivity index (χ2v) is 8.36. The molecule has 0 heterocycles. The third-order valence-corrected chi connectivity index (χ3v) is 4.29. The van der Waals surface area contributed by atoms with E-state index >= 15 is 0 Å². The quantitative estimate of drug-likeness (QED) is 0.458. The molecule has 9 nitrogen and oxygen atoms in total. The minimum Gasteiger partial charge on any atom is -0.508 e. The first-order valence-electron chi connectivity index (χ1n) is 10.6. The number of amides is 3. The van der Waals surface area contributed by atoms with Gasteiger partial charge < -0.3 is 30.5 Å².